The van der Waals surface area contributed by atoms with Crippen LogP contribution in [-0.4, -0.2) is 5.91 Å². The fourth-order valence-electron chi connectivity index (χ4n) is 2.25. The minimum absolute atomic E-state index is 0.0245. The number of amides is 1. The monoisotopic (exact) mass is 295 g/mol. The van der Waals surface area contributed by atoms with Gasteiger partial charge in [0.25, 0.3) is 0 Å². The highest BCUT2D eigenvalue weighted by Gasteiger charge is 2.24. The van der Waals surface area contributed by atoms with E-state index in [0.717, 1.165) is 22.4 Å². The zero-order chi connectivity index (χ0) is 13.6. The summed E-state index contributed by atoms with van der Waals surface area (Å²) < 4.78 is 5.40. The second kappa shape index (κ2) is 4.58. The first-order valence-corrected chi connectivity index (χ1v) is 6.68. The molecule has 19 heavy (non-hydrogen) atoms. The first-order valence-electron chi connectivity index (χ1n) is 5.86. The number of hydrogen-bond acceptors (Lipinski definition) is 2. The number of halogens is 2. The van der Waals surface area contributed by atoms with Gasteiger partial charge in [-0.15, -0.1) is 11.6 Å². The summed E-state index contributed by atoms with van der Waals surface area (Å²) in [6, 6.07) is 5.47. The molecule has 3 nitrogen and oxygen atoms in total. The number of carbonyl (C=O) groups is 1. The summed E-state index contributed by atoms with van der Waals surface area (Å²) >= 11 is 12.7. The molecule has 0 fully saturated rings. The van der Waals surface area contributed by atoms with E-state index in [1.807, 2.05) is 19.1 Å². The van der Waals surface area contributed by atoms with E-state index in [1.165, 1.54) is 0 Å². The Bertz CT molecular complexity index is 663. The summed E-state index contributed by atoms with van der Waals surface area (Å²) in [6.07, 6.45) is 1.96. The van der Waals surface area contributed by atoms with Crippen LogP contribution in [-0.2, 0) is 11.2 Å². The lowest BCUT2D eigenvalue weighted by Crippen LogP contribution is -2.03. The van der Waals surface area contributed by atoms with Crippen molar-refractivity contribution in [3.63, 3.8) is 0 Å². The summed E-state index contributed by atoms with van der Waals surface area (Å²) in [6.45, 7) is 1.93. The fraction of sp³-hybridized carbons (Fsp3) is 0.214. The first kappa shape index (κ1) is 12.6. The highest BCUT2D eigenvalue weighted by atomic mass is 35.5. The third-order valence-corrected chi connectivity index (χ3v) is 4.01. The molecule has 0 spiro atoms. The molecular formula is C14H11Cl2NO2. The molecule has 1 N–H and O–H groups in total. The highest BCUT2D eigenvalue weighted by Crippen LogP contribution is 2.39. The highest BCUT2D eigenvalue weighted by molar-refractivity contribution is 6.33. The lowest BCUT2D eigenvalue weighted by Gasteiger charge is -2.12. The van der Waals surface area contributed by atoms with Crippen LogP contribution in [0.4, 0.5) is 5.69 Å². The van der Waals surface area contributed by atoms with Crippen molar-refractivity contribution in [3.05, 3.63) is 51.9 Å². The maximum Gasteiger partial charge on any atom is 0.228 e. The smallest absolute Gasteiger partial charge is 0.228 e. The average Bonchev–Trinajstić information content (AvgIpc) is 2.92. The van der Waals surface area contributed by atoms with Gasteiger partial charge in [-0.1, -0.05) is 11.6 Å². The average molecular weight is 296 g/mol. The third kappa shape index (κ3) is 2.13. The predicted molar refractivity (Wildman–Crippen MR) is 74.9 cm³/mol. The van der Waals surface area contributed by atoms with Gasteiger partial charge in [-0.2, -0.15) is 0 Å². The number of furan rings is 1. The second-order valence-corrected chi connectivity index (χ2v) is 5.43. The Morgan fingerprint density at radius 2 is 2.21 bits per heavy atom. The molecule has 0 aliphatic carbocycles. The Balaban J connectivity index is 2.05. The lowest BCUT2D eigenvalue weighted by atomic mass is 10.0. The quantitative estimate of drug-likeness (QED) is 0.849. The fourth-order valence-corrected chi connectivity index (χ4v) is 2.98. The molecule has 2 heterocycles. The minimum atomic E-state index is -0.455. The summed E-state index contributed by atoms with van der Waals surface area (Å²) in [4.78, 5) is 11.4. The van der Waals surface area contributed by atoms with E-state index < -0.39 is 5.38 Å². The molecule has 1 atom stereocenters. The van der Waals surface area contributed by atoms with Crippen LogP contribution in [0.3, 0.4) is 0 Å². The molecule has 0 saturated carbocycles. The van der Waals surface area contributed by atoms with Crippen LogP contribution in [0.5, 0.6) is 0 Å². The molecule has 2 aromatic rings. The van der Waals surface area contributed by atoms with Crippen LogP contribution >= 0.6 is 23.2 Å². The van der Waals surface area contributed by atoms with Crippen molar-refractivity contribution in [2.24, 2.45) is 0 Å². The molecule has 1 aliphatic rings. The van der Waals surface area contributed by atoms with Crippen molar-refractivity contribution >= 4 is 34.8 Å². The molecule has 98 valence electrons. The van der Waals surface area contributed by atoms with E-state index in [0.29, 0.717) is 17.2 Å². The van der Waals surface area contributed by atoms with Gasteiger partial charge in [0.15, 0.2) is 0 Å². The van der Waals surface area contributed by atoms with Crippen LogP contribution in [0, 0.1) is 6.92 Å². The number of nitrogens with one attached hydrogen (secondary N) is 1. The van der Waals surface area contributed by atoms with E-state index in [2.05, 4.69) is 5.32 Å². The Morgan fingerprint density at radius 3 is 2.89 bits per heavy atom. The van der Waals surface area contributed by atoms with E-state index >= 15 is 0 Å². The van der Waals surface area contributed by atoms with E-state index in [9.17, 15) is 4.79 Å². The molecule has 0 saturated heterocycles. The van der Waals surface area contributed by atoms with Crippen LogP contribution in [0.1, 0.15) is 27.8 Å². The van der Waals surface area contributed by atoms with Crippen molar-refractivity contribution in [2.45, 2.75) is 18.7 Å². The van der Waals surface area contributed by atoms with Gasteiger partial charge in [0.05, 0.1) is 12.7 Å². The van der Waals surface area contributed by atoms with Crippen molar-refractivity contribution in [2.75, 3.05) is 5.32 Å². The number of rotatable bonds is 2. The van der Waals surface area contributed by atoms with Crippen LogP contribution in [0.15, 0.2) is 28.9 Å². The van der Waals surface area contributed by atoms with Crippen LogP contribution < -0.4 is 5.32 Å². The number of hydrogen-bond donors (Lipinski definition) is 1. The zero-order valence-electron chi connectivity index (χ0n) is 10.2. The summed E-state index contributed by atoms with van der Waals surface area (Å²) in [5, 5.41) is 2.83. The molecule has 5 heteroatoms. The SMILES string of the molecule is Cc1ccoc1C(Cl)c1cc2c(cc1Cl)NC(=O)C2. The van der Waals surface area contributed by atoms with Gasteiger partial charge in [0, 0.05) is 10.7 Å². The molecular weight excluding hydrogens is 285 g/mol. The first-order chi connectivity index (χ1) is 9.06. The Hall–Kier alpha value is -1.45. The molecule has 0 radical (unpaired) electrons. The minimum Gasteiger partial charge on any atom is -0.467 e. The van der Waals surface area contributed by atoms with Gasteiger partial charge < -0.3 is 9.73 Å². The number of benzene rings is 1. The topological polar surface area (TPSA) is 42.2 Å². The largest absolute Gasteiger partial charge is 0.467 e. The van der Waals surface area contributed by atoms with Crippen molar-refractivity contribution < 1.29 is 9.21 Å². The molecule has 1 amide bonds. The van der Waals surface area contributed by atoms with E-state index in [4.69, 9.17) is 27.6 Å². The maximum absolute atomic E-state index is 11.4. The summed E-state index contributed by atoms with van der Waals surface area (Å²) in [7, 11) is 0. The van der Waals surface area contributed by atoms with Gasteiger partial charge in [0.2, 0.25) is 5.91 Å². The Morgan fingerprint density at radius 1 is 1.42 bits per heavy atom. The molecule has 1 unspecified atom stereocenters. The van der Waals surface area contributed by atoms with Gasteiger partial charge in [-0.25, -0.2) is 0 Å². The molecule has 1 aromatic heterocycles. The Kier molecular flexibility index (Phi) is 3.03. The molecule has 0 bridgehead atoms. The van der Waals surface area contributed by atoms with E-state index in [1.54, 1.807) is 12.3 Å². The van der Waals surface area contributed by atoms with Crippen LogP contribution in [0.25, 0.3) is 0 Å². The predicted octanol–water partition coefficient (Wildman–Crippen LogP) is 4.06. The molecule has 3 rings (SSSR count). The van der Waals surface area contributed by atoms with Crippen molar-refractivity contribution in [1.29, 1.82) is 0 Å². The Labute approximate surface area is 120 Å². The molecule has 1 aromatic carbocycles. The number of carbonyl (C=O) groups excluding carboxylic acids is 1. The van der Waals surface area contributed by atoms with E-state index in [-0.39, 0.29) is 5.91 Å². The van der Waals surface area contributed by atoms with Gasteiger partial charge in [-0.05, 0) is 41.8 Å². The summed E-state index contributed by atoms with van der Waals surface area (Å²) in [5.74, 6) is 0.657. The third-order valence-electron chi connectivity index (χ3n) is 3.25. The number of aryl methyl sites for hydroxylation is 1. The number of fused-ring (bicyclic) bond motifs is 1. The van der Waals surface area contributed by atoms with Gasteiger partial charge >= 0.3 is 0 Å². The zero-order valence-corrected chi connectivity index (χ0v) is 11.7. The lowest BCUT2D eigenvalue weighted by molar-refractivity contribution is -0.115. The molecule has 1 aliphatic heterocycles. The standard InChI is InChI=1S/C14H11Cl2NO2/c1-7-2-3-19-14(7)13(16)9-4-8-5-12(18)17-11(8)6-10(9)15/h2-4,6,13H,5H2,1H3,(H,17,18). The number of anilines is 1. The number of alkyl halides is 1. The van der Waals surface area contributed by atoms with Crippen molar-refractivity contribution in [1.82, 2.24) is 0 Å². The van der Waals surface area contributed by atoms with Gasteiger partial charge in [-0.3, -0.25) is 4.79 Å². The second-order valence-electron chi connectivity index (χ2n) is 4.59. The normalized spacial score (nSPS) is 15.2. The van der Waals surface area contributed by atoms with Gasteiger partial charge in [0.1, 0.15) is 11.1 Å². The summed E-state index contributed by atoms with van der Waals surface area (Å²) in [5.41, 5.74) is 3.42. The van der Waals surface area contributed by atoms with Crippen LogP contribution in [0.2, 0.25) is 5.02 Å². The van der Waals surface area contributed by atoms with Crippen molar-refractivity contribution in [3.8, 4) is 0 Å². The maximum atomic E-state index is 11.4.